The van der Waals surface area contributed by atoms with Gasteiger partial charge in [-0.15, -0.1) is 0 Å². The molecule has 0 amide bonds. The summed E-state index contributed by atoms with van der Waals surface area (Å²) in [6, 6.07) is 0. The molecule has 0 fully saturated rings. The zero-order valence-corrected chi connectivity index (χ0v) is 11.3. The van der Waals surface area contributed by atoms with Crippen LogP contribution in [0.2, 0.25) is 0 Å². The van der Waals surface area contributed by atoms with Crippen molar-refractivity contribution >= 4 is 11.8 Å². The highest BCUT2D eigenvalue weighted by atomic mass is 16.5. The Balaban J connectivity index is 4.35. The van der Waals surface area contributed by atoms with Gasteiger partial charge in [0.15, 0.2) is 0 Å². The van der Waals surface area contributed by atoms with Crippen LogP contribution in [0.5, 0.6) is 0 Å². The summed E-state index contributed by atoms with van der Waals surface area (Å²) in [6.07, 6.45) is 0.706. The third-order valence-electron chi connectivity index (χ3n) is 2.40. The molecule has 0 aromatic heterocycles. The van der Waals surface area contributed by atoms with Crippen LogP contribution in [-0.2, 0) is 14.3 Å². The second kappa shape index (κ2) is 5.46. The van der Waals surface area contributed by atoms with E-state index in [4.69, 9.17) is 4.74 Å². The monoisotopic (exact) mass is 228 g/mol. The smallest absolute Gasteiger partial charge is 0.306 e. The molecule has 0 saturated heterocycles. The van der Waals surface area contributed by atoms with E-state index in [-0.39, 0.29) is 22.6 Å². The molecule has 0 rings (SSSR count). The Bertz CT molecular complexity index is 259. The van der Waals surface area contributed by atoms with Crippen molar-refractivity contribution in [2.75, 3.05) is 6.61 Å². The number of carbonyl (C=O) groups is 2. The van der Waals surface area contributed by atoms with Gasteiger partial charge in [-0.1, -0.05) is 34.6 Å². The molecule has 0 aromatic rings. The maximum Gasteiger partial charge on any atom is 0.306 e. The van der Waals surface area contributed by atoms with Gasteiger partial charge in [0.25, 0.3) is 0 Å². The van der Waals surface area contributed by atoms with Gasteiger partial charge in [0.2, 0.25) is 0 Å². The first-order valence-corrected chi connectivity index (χ1v) is 5.77. The molecule has 3 heteroatoms. The van der Waals surface area contributed by atoms with Crippen molar-refractivity contribution in [1.82, 2.24) is 0 Å². The van der Waals surface area contributed by atoms with Crippen LogP contribution in [-0.4, -0.2) is 18.4 Å². The van der Waals surface area contributed by atoms with Crippen LogP contribution < -0.4 is 0 Å². The molecule has 3 nitrogen and oxygen atoms in total. The van der Waals surface area contributed by atoms with Gasteiger partial charge < -0.3 is 4.74 Å². The summed E-state index contributed by atoms with van der Waals surface area (Å²) in [5, 5.41) is 0. The topological polar surface area (TPSA) is 43.4 Å². The molecular weight excluding hydrogens is 204 g/mol. The van der Waals surface area contributed by atoms with Gasteiger partial charge in [0, 0.05) is 11.8 Å². The molecule has 0 aromatic carbocycles. The number of Topliss-reactive ketones (excluding diaryl/α,β-unsaturated/α-hetero) is 1. The van der Waals surface area contributed by atoms with Crippen molar-refractivity contribution in [2.24, 2.45) is 10.8 Å². The van der Waals surface area contributed by atoms with E-state index in [0.717, 1.165) is 0 Å². The van der Waals surface area contributed by atoms with Crippen LogP contribution in [0.3, 0.4) is 0 Å². The SMILES string of the molecule is CCOC(=O)CC(C)(C)CC(=O)C(C)(C)C. The van der Waals surface area contributed by atoms with Crippen molar-refractivity contribution in [1.29, 1.82) is 0 Å². The third-order valence-corrected chi connectivity index (χ3v) is 2.40. The van der Waals surface area contributed by atoms with E-state index in [9.17, 15) is 9.59 Å². The minimum absolute atomic E-state index is 0.182. The molecule has 0 aliphatic heterocycles. The standard InChI is InChI=1S/C13H24O3/c1-7-16-11(15)9-13(5,6)8-10(14)12(2,3)4/h7-9H2,1-6H3. The minimum Gasteiger partial charge on any atom is -0.466 e. The fourth-order valence-corrected chi connectivity index (χ4v) is 1.37. The molecule has 0 radical (unpaired) electrons. The molecule has 0 N–H and O–H groups in total. The van der Waals surface area contributed by atoms with E-state index in [1.165, 1.54) is 0 Å². The Morgan fingerprint density at radius 2 is 1.50 bits per heavy atom. The lowest BCUT2D eigenvalue weighted by Gasteiger charge is -2.26. The highest BCUT2D eigenvalue weighted by Gasteiger charge is 2.31. The number of carbonyl (C=O) groups excluding carboxylic acids is 2. The molecule has 0 heterocycles. The summed E-state index contributed by atoms with van der Waals surface area (Å²) < 4.78 is 4.89. The lowest BCUT2D eigenvalue weighted by molar-refractivity contribution is -0.146. The maximum absolute atomic E-state index is 11.9. The van der Waals surface area contributed by atoms with Gasteiger partial charge in [0.1, 0.15) is 5.78 Å². The molecule has 0 atom stereocenters. The second-order valence-corrected chi connectivity index (χ2v) is 6.00. The second-order valence-electron chi connectivity index (χ2n) is 6.00. The number of hydrogen-bond acceptors (Lipinski definition) is 3. The van der Waals surface area contributed by atoms with E-state index >= 15 is 0 Å². The van der Waals surface area contributed by atoms with Gasteiger partial charge >= 0.3 is 5.97 Å². The number of ketones is 1. The van der Waals surface area contributed by atoms with E-state index in [1.54, 1.807) is 6.92 Å². The van der Waals surface area contributed by atoms with Crippen LogP contribution in [0.25, 0.3) is 0 Å². The summed E-state index contributed by atoms with van der Waals surface area (Å²) in [6.45, 7) is 11.7. The Hall–Kier alpha value is -0.860. The van der Waals surface area contributed by atoms with Crippen LogP contribution in [0.4, 0.5) is 0 Å². The Kier molecular flexibility index (Phi) is 5.17. The van der Waals surface area contributed by atoms with Gasteiger partial charge in [-0.05, 0) is 12.3 Å². The first kappa shape index (κ1) is 15.1. The summed E-state index contributed by atoms with van der Waals surface area (Å²) in [5.41, 5.74) is -0.664. The van der Waals surface area contributed by atoms with Gasteiger partial charge in [0.05, 0.1) is 13.0 Å². The van der Waals surface area contributed by atoms with Crippen LogP contribution in [0.15, 0.2) is 0 Å². The fraction of sp³-hybridized carbons (Fsp3) is 0.846. The summed E-state index contributed by atoms with van der Waals surface area (Å²) >= 11 is 0. The predicted octanol–water partition coefficient (Wildman–Crippen LogP) is 2.97. The van der Waals surface area contributed by atoms with Crippen molar-refractivity contribution in [3.8, 4) is 0 Å². The Morgan fingerprint density at radius 3 is 1.88 bits per heavy atom. The first-order valence-electron chi connectivity index (χ1n) is 5.77. The average Bonchev–Trinajstić information content (AvgIpc) is 1.99. The molecule has 16 heavy (non-hydrogen) atoms. The number of ether oxygens (including phenoxy) is 1. The number of hydrogen-bond donors (Lipinski definition) is 0. The van der Waals surface area contributed by atoms with Crippen LogP contribution in [0.1, 0.15) is 54.4 Å². The molecule has 0 bridgehead atoms. The van der Waals surface area contributed by atoms with Gasteiger partial charge in [-0.3, -0.25) is 9.59 Å². The number of rotatable bonds is 5. The van der Waals surface area contributed by atoms with Crippen LogP contribution in [0, 0.1) is 10.8 Å². The van der Waals surface area contributed by atoms with Crippen molar-refractivity contribution in [3.63, 3.8) is 0 Å². The van der Waals surface area contributed by atoms with Gasteiger partial charge in [-0.2, -0.15) is 0 Å². The maximum atomic E-state index is 11.9. The number of esters is 1. The zero-order chi connectivity index (χ0) is 13.0. The first-order chi connectivity index (χ1) is 7.08. The molecule has 0 saturated carbocycles. The molecule has 0 aliphatic carbocycles. The predicted molar refractivity (Wildman–Crippen MR) is 64.1 cm³/mol. The van der Waals surface area contributed by atoms with E-state index in [2.05, 4.69) is 0 Å². The zero-order valence-electron chi connectivity index (χ0n) is 11.3. The molecule has 0 aliphatic rings. The van der Waals surface area contributed by atoms with E-state index < -0.39 is 0 Å². The van der Waals surface area contributed by atoms with Crippen molar-refractivity contribution < 1.29 is 14.3 Å². The lowest BCUT2D eigenvalue weighted by Crippen LogP contribution is -2.28. The molecular formula is C13H24O3. The van der Waals surface area contributed by atoms with Gasteiger partial charge in [-0.25, -0.2) is 0 Å². The summed E-state index contributed by atoms with van der Waals surface area (Å²) in [7, 11) is 0. The fourth-order valence-electron chi connectivity index (χ4n) is 1.37. The average molecular weight is 228 g/mol. The summed E-state index contributed by atoms with van der Waals surface area (Å²) in [4.78, 5) is 23.2. The Labute approximate surface area is 98.6 Å². The van der Waals surface area contributed by atoms with Crippen molar-refractivity contribution in [3.05, 3.63) is 0 Å². The normalized spacial score (nSPS) is 12.4. The quantitative estimate of drug-likeness (QED) is 0.679. The lowest BCUT2D eigenvalue weighted by atomic mass is 9.77. The highest BCUT2D eigenvalue weighted by Crippen LogP contribution is 2.30. The molecule has 0 unspecified atom stereocenters. The van der Waals surface area contributed by atoms with E-state index in [0.29, 0.717) is 19.4 Å². The Morgan fingerprint density at radius 1 is 1.00 bits per heavy atom. The largest absolute Gasteiger partial charge is 0.466 e. The molecule has 0 spiro atoms. The third kappa shape index (κ3) is 5.89. The summed E-state index contributed by atoms with van der Waals surface area (Å²) in [5.74, 6) is -0.0454. The van der Waals surface area contributed by atoms with Crippen LogP contribution >= 0.6 is 0 Å². The van der Waals surface area contributed by atoms with E-state index in [1.807, 2.05) is 34.6 Å². The minimum atomic E-state index is -0.341. The molecule has 94 valence electrons. The highest BCUT2D eigenvalue weighted by molar-refractivity contribution is 5.84. The van der Waals surface area contributed by atoms with Crippen molar-refractivity contribution in [2.45, 2.75) is 54.4 Å².